The first-order chi connectivity index (χ1) is 14.1. The maximum atomic E-state index is 12.4. The molecule has 3 aromatic rings. The molecule has 29 heavy (non-hydrogen) atoms. The van der Waals surface area contributed by atoms with E-state index in [4.69, 9.17) is 4.74 Å². The van der Waals surface area contributed by atoms with E-state index in [2.05, 4.69) is 20.4 Å². The van der Waals surface area contributed by atoms with Crippen molar-refractivity contribution in [3.63, 3.8) is 0 Å². The fraction of sp³-hybridized carbons (Fsp3) is 0.350. The van der Waals surface area contributed by atoms with E-state index in [1.165, 1.54) is 6.20 Å². The second-order valence-electron chi connectivity index (χ2n) is 6.83. The average Bonchev–Trinajstić information content (AvgIpc) is 3.18. The summed E-state index contributed by atoms with van der Waals surface area (Å²) in [6.07, 6.45) is 5.23. The minimum absolute atomic E-state index is 0.0411. The molecular weight excluding hydrogens is 372 g/mol. The van der Waals surface area contributed by atoms with Gasteiger partial charge in [0.15, 0.2) is 5.65 Å². The summed E-state index contributed by atoms with van der Waals surface area (Å²) in [6, 6.07) is 7.50. The first-order valence-electron chi connectivity index (χ1n) is 9.51. The number of nitrogens with one attached hydrogen (secondary N) is 1. The lowest BCUT2D eigenvalue weighted by Gasteiger charge is -2.32. The molecule has 1 N–H and O–H groups in total. The number of aromatic nitrogens is 4. The Labute approximate surface area is 167 Å². The highest BCUT2D eigenvalue weighted by Crippen LogP contribution is 2.21. The van der Waals surface area contributed by atoms with Gasteiger partial charge in [-0.25, -0.2) is 9.50 Å². The van der Waals surface area contributed by atoms with E-state index in [1.54, 1.807) is 34.8 Å². The van der Waals surface area contributed by atoms with Crippen LogP contribution in [0.25, 0.3) is 5.65 Å². The van der Waals surface area contributed by atoms with Crippen molar-refractivity contribution in [2.75, 3.05) is 26.2 Å². The predicted octanol–water partition coefficient (Wildman–Crippen LogP) is 1.02. The smallest absolute Gasteiger partial charge is 0.256 e. The maximum absolute atomic E-state index is 12.4. The van der Waals surface area contributed by atoms with Gasteiger partial charge in [0, 0.05) is 44.5 Å². The van der Waals surface area contributed by atoms with E-state index in [0.717, 1.165) is 11.4 Å². The van der Waals surface area contributed by atoms with Crippen LogP contribution in [0.5, 0.6) is 0 Å². The molecule has 0 spiro atoms. The second kappa shape index (κ2) is 8.36. The molecule has 0 saturated carbocycles. The van der Waals surface area contributed by atoms with Crippen molar-refractivity contribution in [3.8, 4) is 0 Å². The zero-order valence-electron chi connectivity index (χ0n) is 16.1. The van der Waals surface area contributed by atoms with Crippen molar-refractivity contribution >= 4 is 17.5 Å². The standard InChI is InChI=1S/C20H22N6O3/c1-14(27)25-10-11-29-18(13-25)17-5-2-4-15(24-17)6-8-22-20(28)16-12-23-26-9-3-7-21-19(16)26/h2-5,7,9,12,18H,6,8,10-11,13H2,1H3,(H,22,28). The third-order valence-corrected chi connectivity index (χ3v) is 4.86. The number of hydrogen-bond acceptors (Lipinski definition) is 6. The highest BCUT2D eigenvalue weighted by molar-refractivity contribution is 5.99. The normalized spacial score (nSPS) is 16.7. The van der Waals surface area contributed by atoms with Gasteiger partial charge in [0.2, 0.25) is 5.91 Å². The van der Waals surface area contributed by atoms with Crippen molar-refractivity contribution in [1.82, 2.24) is 29.8 Å². The topological polar surface area (TPSA) is 102 Å². The van der Waals surface area contributed by atoms with E-state index in [0.29, 0.717) is 43.9 Å². The molecule has 0 radical (unpaired) electrons. The quantitative estimate of drug-likeness (QED) is 0.693. The zero-order chi connectivity index (χ0) is 20.2. The summed E-state index contributed by atoms with van der Waals surface area (Å²) in [4.78, 5) is 34.7. The van der Waals surface area contributed by atoms with Crippen molar-refractivity contribution in [3.05, 3.63) is 59.8 Å². The van der Waals surface area contributed by atoms with Crippen LogP contribution in [0.1, 0.15) is 34.8 Å². The van der Waals surface area contributed by atoms with Gasteiger partial charge in [-0.2, -0.15) is 5.10 Å². The minimum Gasteiger partial charge on any atom is -0.368 e. The predicted molar refractivity (Wildman–Crippen MR) is 104 cm³/mol. The molecule has 1 atom stereocenters. The molecule has 0 aliphatic carbocycles. The first-order valence-corrected chi connectivity index (χ1v) is 9.51. The van der Waals surface area contributed by atoms with Crippen LogP contribution in [-0.4, -0.2) is 62.5 Å². The van der Waals surface area contributed by atoms with E-state index >= 15 is 0 Å². The van der Waals surface area contributed by atoms with Crippen LogP contribution in [-0.2, 0) is 16.0 Å². The zero-order valence-corrected chi connectivity index (χ0v) is 16.1. The molecule has 3 aromatic heterocycles. The lowest BCUT2D eigenvalue weighted by atomic mass is 10.1. The monoisotopic (exact) mass is 394 g/mol. The van der Waals surface area contributed by atoms with Gasteiger partial charge in [-0.3, -0.25) is 14.6 Å². The van der Waals surface area contributed by atoms with Gasteiger partial charge in [0.1, 0.15) is 11.7 Å². The van der Waals surface area contributed by atoms with Crippen molar-refractivity contribution < 1.29 is 14.3 Å². The maximum Gasteiger partial charge on any atom is 0.256 e. The van der Waals surface area contributed by atoms with Gasteiger partial charge >= 0.3 is 0 Å². The number of amides is 2. The molecular formula is C20H22N6O3. The lowest BCUT2D eigenvalue weighted by Crippen LogP contribution is -2.41. The summed E-state index contributed by atoms with van der Waals surface area (Å²) >= 11 is 0. The van der Waals surface area contributed by atoms with E-state index < -0.39 is 0 Å². The van der Waals surface area contributed by atoms with Crippen LogP contribution in [0, 0.1) is 0 Å². The molecule has 1 saturated heterocycles. The van der Waals surface area contributed by atoms with Gasteiger partial charge in [-0.05, 0) is 18.2 Å². The number of ether oxygens (including phenoxy) is 1. The number of rotatable bonds is 5. The Kier molecular flexibility index (Phi) is 5.48. The molecule has 4 heterocycles. The Balaban J connectivity index is 1.36. The van der Waals surface area contributed by atoms with Gasteiger partial charge in [-0.15, -0.1) is 0 Å². The van der Waals surface area contributed by atoms with Gasteiger partial charge in [-0.1, -0.05) is 6.07 Å². The molecule has 1 unspecified atom stereocenters. The SMILES string of the molecule is CC(=O)N1CCOC(c2cccc(CCNC(=O)c3cnn4cccnc34)n2)C1. The van der Waals surface area contributed by atoms with Gasteiger partial charge in [0.05, 0.1) is 25.0 Å². The third kappa shape index (κ3) is 4.24. The number of fused-ring (bicyclic) bond motifs is 1. The highest BCUT2D eigenvalue weighted by Gasteiger charge is 2.24. The van der Waals surface area contributed by atoms with Gasteiger partial charge < -0.3 is 15.0 Å². The molecule has 9 nitrogen and oxygen atoms in total. The number of nitrogens with zero attached hydrogens (tertiary/aromatic N) is 5. The van der Waals surface area contributed by atoms with Crippen LogP contribution in [0.15, 0.2) is 42.9 Å². The summed E-state index contributed by atoms with van der Waals surface area (Å²) in [7, 11) is 0. The Hall–Kier alpha value is -3.33. The van der Waals surface area contributed by atoms with Gasteiger partial charge in [0.25, 0.3) is 5.91 Å². The van der Waals surface area contributed by atoms with Crippen LogP contribution in [0.2, 0.25) is 0 Å². The fourth-order valence-electron chi connectivity index (χ4n) is 3.32. The van der Waals surface area contributed by atoms with Crippen LogP contribution in [0.3, 0.4) is 0 Å². The number of carbonyl (C=O) groups excluding carboxylic acids is 2. The van der Waals surface area contributed by atoms with E-state index in [1.807, 2.05) is 18.2 Å². The van der Waals surface area contributed by atoms with Crippen LogP contribution < -0.4 is 5.32 Å². The summed E-state index contributed by atoms with van der Waals surface area (Å²) in [6.45, 7) is 3.61. The molecule has 0 aromatic carbocycles. The van der Waals surface area contributed by atoms with Crippen molar-refractivity contribution in [1.29, 1.82) is 0 Å². The summed E-state index contributed by atoms with van der Waals surface area (Å²) in [5.74, 6) is -0.179. The highest BCUT2D eigenvalue weighted by atomic mass is 16.5. The number of hydrogen-bond donors (Lipinski definition) is 1. The Morgan fingerprint density at radius 1 is 1.31 bits per heavy atom. The molecule has 1 aliphatic rings. The molecule has 1 fully saturated rings. The molecule has 1 aliphatic heterocycles. The van der Waals surface area contributed by atoms with Crippen molar-refractivity contribution in [2.24, 2.45) is 0 Å². The Morgan fingerprint density at radius 3 is 3.07 bits per heavy atom. The summed E-state index contributed by atoms with van der Waals surface area (Å²) in [5, 5.41) is 7.02. The van der Waals surface area contributed by atoms with Crippen LogP contribution in [0.4, 0.5) is 0 Å². The van der Waals surface area contributed by atoms with E-state index in [9.17, 15) is 9.59 Å². The molecule has 2 amide bonds. The number of pyridine rings is 1. The fourth-order valence-corrected chi connectivity index (χ4v) is 3.32. The summed E-state index contributed by atoms with van der Waals surface area (Å²) < 4.78 is 7.35. The minimum atomic E-state index is -0.230. The average molecular weight is 394 g/mol. The summed E-state index contributed by atoms with van der Waals surface area (Å²) in [5.41, 5.74) is 2.61. The molecule has 4 rings (SSSR count). The van der Waals surface area contributed by atoms with Crippen molar-refractivity contribution in [2.45, 2.75) is 19.4 Å². The Morgan fingerprint density at radius 2 is 2.21 bits per heavy atom. The largest absolute Gasteiger partial charge is 0.368 e. The third-order valence-electron chi connectivity index (χ3n) is 4.86. The van der Waals surface area contributed by atoms with Crippen LogP contribution >= 0.6 is 0 Å². The number of carbonyl (C=O) groups is 2. The second-order valence-corrected chi connectivity index (χ2v) is 6.83. The molecule has 9 heteroatoms. The lowest BCUT2D eigenvalue weighted by molar-refractivity contribution is -0.136. The Bertz CT molecular complexity index is 1030. The molecule has 0 bridgehead atoms. The molecule has 150 valence electrons. The number of morpholine rings is 1. The first kappa shape index (κ1) is 19.0. The van der Waals surface area contributed by atoms with E-state index in [-0.39, 0.29) is 17.9 Å².